The molecular formula is C26H23N3O2. The van der Waals surface area contributed by atoms with Gasteiger partial charge in [-0.2, -0.15) is 0 Å². The minimum Gasteiger partial charge on any atom is -0.457 e. The molecular weight excluding hydrogens is 386 g/mol. The fourth-order valence-corrected chi connectivity index (χ4v) is 4.83. The molecule has 5 nitrogen and oxygen atoms in total. The van der Waals surface area contributed by atoms with Crippen LogP contribution in [-0.4, -0.2) is 15.5 Å². The van der Waals surface area contributed by atoms with Crippen LogP contribution in [0.25, 0.3) is 11.0 Å². The van der Waals surface area contributed by atoms with Gasteiger partial charge in [-0.1, -0.05) is 42.8 Å². The van der Waals surface area contributed by atoms with Crippen molar-refractivity contribution in [2.45, 2.75) is 38.1 Å². The molecule has 0 bridgehead atoms. The number of carbonyl (C=O) groups excluding carboxylic acids is 1. The number of carbonyl (C=O) groups is 1. The largest absolute Gasteiger partial charge is 0.457 e. The number of fused-ring (bicyclic) bond motifs is 5. The van der Waals surface area contributed by atoms with E-state index < -0.39 is 5.92 Å². The molecule has 0 unspecified atom stereocenters. The fraction of sp³-hybridized carbons (Fsp3) is 0.231. The molecule has 31 heavy (non-hydrogen) atoms. The van der Waals surface area contributed by atoms with Crippen LogP contribution in [0.3, 0.4) is 0 Å². The van der Waals surface area contributed by atoms with Crippen molar-refractivity contribution in [1.29, 1.82) is 0 Å². The Balaban J connectivity index is 1.35. The lowest BCUT2D eigenvalue weighted by atomic mass is 9.87. The van der Waals surface area contributed by atoms with Gasteiger partial charge < -0.3 is 14.6 Å². The normalized spacial score (nSPS) is 15.4. The Bertz CT molecular complexity index is 1260. The Hall–Kier alpha value is -3.60. The first-order valence-electron chi connectivity index (χ1n) is 10.9. The molecule has 4 aromatic rings. The molecule has 0 fully saturated rings. The first kappa shape index (κ1) is 18.2. The number of para-hydroxylation sites is 2. The maximum absolute atomic E-state index is 13.5. The van der Waals surface area contributed by atoms with E-state index in [4.69, 9.17) is 9.72 Å². The molecule has 3 heterocycles. The zero-order chi connectivity index (χ0) is 20.8. The highest BCUT2D eigenvalue weighted by molar-refractivity contribution is 6.00. The van der Waals surface area contributed by atoms with Crippen LogP contribution in [0.5, 0.6) is 11.5 Å². The zero-order valence-corrected chi connectivity index (χ0v) is 17.2. The summed E-state index contributed by atoms with van der Waals surface area (Å²) in [5, 5.41) is 3.13. The quantitative estimate of drug-likeness (QED) is 0.466. The summed E-state index contributed by atoms with van der Waals surface area (Å²) in [7, 11) is 0. The Labute approximate surface area is 180 Å². The first-order chi connectivity index (χ1) is 15.3. The van der Waals surface area contributed by atoms with Crippen molar-refractivity contribution in [3.8, 4) is 11.5 Å². The van der Waals surface area contributed by atoms with Crippen molar-refractivity contribution in [2.24, 2.45) is 0 Å². The van der Waals surface area contributed by atoms with Gasteiger partial charge in [0.05, 0.1) is 17.0 Å². The number of anilines is 1. The maximum Gasteiger partial charge on any atom is 0.236 e. The van der Waals surface area contributed by atoms with Crippen LogP contribution in [0, 0.1) is 0 Å². The van der Waals surface area contributed by atoms with Gasteiger partial charge in [-0.15, -0.1) is 0 Å². The lowest BCUT2D eigenvalue weighted by Gasteiger charge is -2.27. The van der Waals surface area contributed by atoms with E-state index in [0.29, 0.717) is 0 Å². The van der Waals surface area contributed by atoms with Gasteiger partial charge in [-0.05, 0) is 43.2 Å². The molecule has 6 rings (SSSR count). The molecule has 0 spiro atoms. The standard InChI is InChI=1S/C26H23N3O2/c30-26(25-18-8-3-5-10-22(18)31-23-11-6-4-9-19(23)25)27-17-13-14-21-20(16-17)28-24-12-2-1-7-15-29(21)24/h3-6,8-11,13-14,16,25H,1-2,7,12,15H2,(H,27,30). The summed E-state index contributed by atoms with van der Waals surface area (Å²) in [6.07, 6.45) is 4.66. The average Bonchev–Trinajstić information content (AvgIpc) is 2.96. The predicted molar refractivity (Wildman–Crippen MR) is 121 cm³/mol. The Morgan fingerprint density at radius 3 is 2.45 bits per heavy atom. The van der Waals surface area contributed by atoms with Crippen LogP contribution in [-0.2, 0) is 17.8 Å². The van der Waals surface area contributed by atoms with E-state index >= 15 is 0 Å². The van der Waals surface area contributed by atoms with Crippen molar-refractivity contribution in [3.05, 3.63) is 83.7 Å². The summed E-state index contributed by atoms with van der Waals surface area (Å²) in [4.78, 5) is 18.3. The summed E-state index contributed by atoms with van der Waals surface area (Å²) in [6, 6.07) is 21.6. The van der Waals surface area contributed by atoms with Crippen molar-refractivity contribution in [2.75, 3.05) is 5.32 Å². The molecule has 0 aliphatic carbocycles. The number of hydrogen-bond acceptors (Lipinski definition) is 3. The lowest BCUT2D eigenvalue weighted by molar-refractivity contribution is -0.116. The smallest absolute Gasteiger partial charge is 0.236 e. The van der Waals surface area contributed by atoms with Gasteiger partial charge in [0, 0.05) is 29.8 Å². The Kier molecular flexibility index (Phi) is 4.27. The van der Waals surface area contributed by atoms with Crippen molar-refractivity contribution >= 4 is 22.6 Å². The number of nitrogens with one attached hydrogen (secondary N) is 1. The summed E-state index contributed by atoms with van der Waals surface area (Å²) < 4.78 is 8.36. The molecule has 1 N–H and O–H groups in total. The van der Waals surface area contributed by atoms with Crippen LogP contribution in [0.15, 0.2) is 66.7 Å². The van der Waals surface area contributed by atoms with E-state index in [-0.39, 0.29) is 5.91 Å². The van der Waals surface area contributed by atoms with Gasteiger partial charge in [0.1, 0.15) is 17.3 Å². The monoisotopic (exact) mass is 409 g/mol. The van der Waals surface area contributed by atoms with Crippen molar-refractivity contribution in [1.82, 2.24) is 9.55 Å². The van der Waals surface area contributed by atoms with Gasteiger partial charge in [0.25, 0.3) is 0 Å². The summed E-state index contributed by atoms with van der Waals surface area (Å²) in [6.45, 7) is 1.02. The highest BCUT2D eigenvalue weighted by atomic mass is 16.5. The predicted octanol–water partition coefficient (Wildman–Crippen LogP) is 5.64. The minimum atomic E-state index is -0.421. The highest BCUT2D eigenvalue weighted by Crippen LogP contribution is 2.44. The molecule has 0 radical (unpaired) electrons. The molecule has 1 aromatic heterocycles. The van der Waals surface area contributed by atoms with E-state index in [9.17, 15) is 4.79 Å². The lowest BCUT2D eigenvalue weighted by Crippen LogP contribution is -2.25. The average molecular weight is 409 g/mol. The SMILES string of the molecule is O=C(Nc1ccc2c(c1)nc1n2CCCCC1)C1c2ccccc2Oc2ccccc21. The number of amides is 1. The van der Waals surface area contributed by atoms with E-state index in [1.807, 2.05) is 60.7 Å². The Morgan fingerprint density at radius 2 is 1.68 bits per heavy atom. The molecule has 1 amide bonds. The van der Waals surface area contributed by atoms with Gasteiger partial charge in [0.15, 0.2) is 0 Å². The van der Waals surface area contributed by atoms with Gasteiger partial charge in [-0.25, -0.2) is 4.98 Å². The number of ether oxygens (including phenoxy) is 1. The topological polar surface area (TPSA) is 56.2 Å². The van der Waals surface area contributed by atoms with Crippen LogP contribution in [0.4, 0.5) is 5.69 Å². The molecule has 5 heteroatoms. The number of benzene rings is 3. The number of imidazole rings is 1. The third kappa shape index (κ3) is 3.08. The second-order valence-electron chi connectivity index (χ2n) is 8.29. The van der Waals surface area contributed by atoms with Gasteiger partial charge in [-0.3, -0.25) is 4.79 Å². The van der Waals surface area contributed by atoms with Crippen LogP contribution < -0.4 is 10.1 Å². The zero-order valence-electron chi connectivity index (χ0n) is 17.2. The number of aromatic nitrogens is 2. The maximum atomic E-state index is 13.5. The summed E-state index contributed by atoms with van der Waals surface area (Å²) in [5.74, 6) is 2.13. The van der Waals surface area contributed by atoms with Gasteiger partial charge >= 0.3 is 0 Å². The molecule has 2 aliphatic rings. The van der Waals surface area contributed by atoms with Crippen molar-refractivity contribution < 1.29 is 9.53 Å². The first-order valence-corrected chi connectivity index (χ1v) is 10.9. The van der Waals surface area contributed by atoms with E-state index in [0.717, 1.165) is 58.1 Å². The second-order valence-corrected chi connectivity index (χ2v) is 8.29. The summed E-state index contributed by atoms with van der Waals surface area (Å²) >= 11 is 0. The Morgan fingerprint density at radius 1 is 0.935 bits per heavy atom. The number of aryl methyl sites for hydroxylation is 2. The fourth-order valence-electron chi connectivity index (χ4n) is 4.83. The molecule has 3 aromatic carbocycles. The van der Waals surface area contributed by atoms with Crippen LogP contribution in [0.2, 0.25) is 0 Å². The third-order valence-electron chi connectivity index (χ3n) is 6.32. The molecule has 154 valence electrons. The van der Waals surface area contributed by atoms with Crippen LogP contribution >= 0.6 is 0 Å². The molecule has 0 atom stereocenters. The molecule has 0 saturated carbocycles. The van der Waals surface area contributed by atoms with E-state index in [2.05, 4.69) is 16.0 Å². The highest BCUT2D eigenvalue weighted by Gasteiger charge is 2.32. The number of nitrogens with zero attached hydrogens (tertiary/aromatic N) is 2. The number of rotatable bonds is 2. The van der Waals surface area contributed by atoms with E-state index in [1.54, 1.807) is 0 Å². The van der Waals surface area contributed by atoms with Gasteiger partial charge in [0.2, 0.25) is 5.91 Å². The molecule has 0 saturated heterocycles. The summed E-state index contributed by atoms with van der Waals surface area (Å²) in [5.41, 5.74) is 4.63. The second kappa shape index (κ2) is 7.27. The molecule has 2 aliphatic heterocycles. The number of hydrogen-bond donors (Lipinski definition) is 1. The van der Waals surface area contributed by atoms with Crippen molar-refractivity contribution in [3.63, 3.8) is 0 Å². The van der Waals surface area contributed by atoms with E-state index in [1.165, 1.54) is 19.3 Å². The third-order valence-corrected chi connectivity index (χ3v) is 6.32. The van der Waals surface area contributed by atoms with Crippen LogP contribution in [0.1, 0.15) is 42.1 Å². The minimum absolute atomic E-state index is 0.0664.